The molecule has 1 aromatic carbocycles. The molecule has 2 rings (SSSR count). The van der Waals surface area contributed by atoms with E-state index in [0.29, 0.717) is 12.5 Å². The van der Waals surface area contributed by atoms with Crippen LogP contribution < -0.4 is 15.4 Å². The maximum absolute atomic E-state index is 11.8. The van der Waals surface area contributed by atoms with Crippen LogP contribution in [-0.2, 0) is 11.2 Å². The Bertz CT molecular complexity index is 417. The summed E-state index contributed by atoms with van der Waals surface area (Å²) in [6.07, 6.45) is 3.37. The number of amides is 1. The molecule has 1 saturated heterocycles. The normalized spacial score (nSPS) is 17.1. The van der Waals surface area contributed by atoms with Gasteiger partial charge in [-0.2, -0.15) is 0 Å². The van der Waals surface area contributed by atoms with Gasteiger partial charge >= 0.3 is 0 Å². The fourth-order valence-electron chi connectivity index (χ4n) is 2.31. The molecule has 2 N–H and O–H groups in total. The molecule has 0 aromatic heterocycles. The van der Waals surface area contributed by atoms with Crippen LogP contribution in [-0.4, -0.2) is 31.6 Å². The van der Waals surface area contributed by atoms with Crippen molar-refractivity contribution < 1.29 is 9.53 Å². The van der Waals surface area contributed by atoms with Gasteiger partial charge in [-0.15, -0.1) is 12.4 Å². The van der Waals surface area contributed by atoms with Gasteiger partial charge in [-0.05, 0) is 43.5 Å². The van der Waals surface area contributed by atoms with Crippen LogP contribution in [0.1, 0.15) is 31.7 Å². The van der Waals surface area contributed by atoms with Gasteiger partial charge in [0.2, 0.25) is 5.91 Å². The Morgan fingerprint density at radius 2 is 2.14 bits per heavy atom. The zero-order valence-corrected chi connectivity index (χ0v) is 13.4. The van der Waals surface area contributed by atoms with Crippen LogP contribution in [0.3, 0.4) is 0 Å². The highest BCUT2D eigenvalue weighted by Crippen LogP contribution is 2.13. The van der Waals surface area contributed by atoms with E-state index in [0.717, 1.165) is 44.7 Å². The van der Waals surface area contributed by atoms with E-state index in [9.17, 15) is 4.79 Å². The van der Waals surface area contributed by atoms with Crippen molar-refractivity contribution in [1.29, 1.82) is 0 Å². The molecule has 21 heavy (non-hydrogen) atoms. The Morgan fingerprint density at radius 3 is 2.76 bits per heavy atom. The van der Waals surface area contributed by atoms with Crippen molar-refractivity contribution in [3.63, 3.8) is 0 Å². The number of halogens is 1. The third-order valence-electron chi connectivity index (χ3n) is 3.46. The molecule has 0 spiro atoms. The molecule has 5 heteroatoms. The van der Waals surface area contributed by atoms with Gasteiger partial charge < -0.3 is 15.4 Å². The lowest BCUT2D eigenvalue weighted by Crippen LogP contribution is -2.36. The number of nitrogens with one attached hydrogen (secondary N) is 2. The highest BCUT2D eigenvalue weighted by molar-refractivity contribution is 5.85. The molecule has 0 aliphatic carbocycles. The molecule has 1 heterocycles. The topological polar surface area (TPSA) is 50.4 Å². The molecule has 1 fully saturated rings. The van der Waals surface area contributed by atoms with Gasteiger partial charge in [0, 0.05) is 19.0 Å². The number of rotatable bonds is 7. The van der Waals surface area contributed by atoms with Crippen LogP contribution in [0.2, 0.25) is 0 Å². The Labute approximate surface area is 133 Å². The number of carbonyl (C=O) groups excluding carboxylic acids is 1. The van der Waals surface area contributed by atoms with Crippen molar-refractivity contribution in [3.8, 4) is 5.75 Å². The number of ether oxygens (including phenoxy) is 1. The van der Waals surface area contributed by atoms with E-state index in [1.807, 2.05) is 24.3 Å². The van der Waals surface area contributed by atoms with Gasteiger partial charge in [-0.1, -0.05) is 19.1 Å². The van der Waals surface area contributed by atoms with Crippen molar-refractivity contribution in [3.05, 3.63) is 29.8 Å². The molecule has 118 valence electrons. The lowest BCUT2D eigenvalue weighted by molar-refractivity contribution is -0.121. The highest BCUT2D eigenvalue weighted by Gasteiger charge is 2.16. The van der Waals surface area contributed by atoms with Crippen LogP contribution in [0, 0.1) is 0 Å². The summed E-state index contributed by atoms with van der Waals surface area (Å²) < 4.78 is 5.54. The first-order valence-electron chi connectivity index (χ1n) is 7.49. The molecular weight excluding hydrogens is 288 g/mol. The van der Waals surface area contributed by atoms with Crippen LogP contribution >= 0.6 is 12.4 Å². The maximum atomic E-state index is 11.8. The number of benzene rings is 1. The zero-order valence-electron chi connectivity index (χ0n) is 12.6. The van der Waals surface area contributed by atoms with Gasteiger partial charge in [-0.25, -0.2) is 0 Å². The van der Waals surface area contributed by atoms with Crippen LogP contribution in [0.5, 0.6) is 5.75 Å². The van der Waals surface area contributed by atoms with Crippen LogP contribution in [0.4, 0.5) is 0 Å². The molecule has 4 nitrogen and oxygen atoms in total. The summed E-state index contributed by atoms with van der Waals surface area (Å²) in [5.41, 5.74) is 1.17. The summed E-state index contributed by atoms with van der Waals surface area (Å²) in [6.45, 7) is 4.74. The van der Waals surface area contributed by atoms with E-state index in [-0.39, 0.29) is 18.3 Å². The molecule has 0 saturated carbocycles. The predicted molar refractivity (Wildman–Crippen MR) is 87.2 cm³/mol. The average molecular weight is 313 g/mol. The highest BCUT2D eigenvalue weighted by atomic mass is 35.5. The molecule has 1 aliphatic heterocycles. The third kappa shape index (κ3) is 6.36. The SMILES string of the molecule is CCCOc1ccc(CCC(=O)NC2CCNC2)cc1.Cl. The summed E-state index contributed by atoms with van der Waals surface area (Å²) in [5, 5.41) is 6.31. The summed E-state index contributed by atoms with van der Waals surface area (Å²) in [7, 11) is 0. The summed E-state index contributed by atoms with van der Waals surface area (Å²) in [6, 6.07) is 8.34. The first-order chi connectivity index (χ1) is 9.78. The van der Waals surface area contributed by atoms with Crippen LogP contribution in [0.25, 0.3) is 0 Å². The minimum atomic E-state index is 0. The molecule has 1 unspecified atom stereocenters. The first-order valence-corrected chi connectivity index (χ1v) is 7.49. The van der Waals surface area contributed by atoms with Gasteiger partial charge in [0.1, 0.15) is 5.75 Å². The van der Waals surface area contributed by atoms with E-state index in [4.69, 9.17) is 4.74 Å². The average Bonchev–Trinajstić information content (AvgIpc) is 2.97. The minimum absolute atomic E-state index is 0. The number of carbonyl (C=O) groups is 1. The van der Waals surface area contributed by atoms with Crippen molar-refractivity contribution in [2.75, 3.05) is 19.7 Å². The van der Waals surface area contributed by atoms with Crippen molar-refractivity contribution in [2.24, 2.45) is 0 Å². The summed E-state index contributed by atoms with van der Waals surface area (Å²) in [4.78, 5) is 11.8. The smallest absolute Gasteiger partial charge is 0.220 e. The lowest BCUT2D eigenvalue weighted by Gasteiger charge is -2.11. The van der Waals surface area contributed by atoms with Gasteiger partial charge in [0.05, 0.1) is 6.61 Å². The van der Waals surface area contributed by atoms with E-state index >= 15 is 0 Å². The molecule has 0 radical (unpaired) electrons. The zero-order chi connectivity index (χ0) is 14.2. The number of hydrogen-bond acceptors (Lipinski definition) is 3. The van der Waals surface area contributed by atoms with E-state index < -0.39 is 0 Å². The van der Waals surface area contributed by atoms with E-state index in [1.165, 1.54) is 5.56 Å². The minimum Gasteiger partial charge on any atom is -0.494 e. The molecule has 1 atom stereocenters. The monoisotopic (exact) mass is 312 g/mol. The molecule has 1 aliphatic rings. The van der Waals surface area contributed by atoms with Crippen LogP contribution in [0.15, 0.2) is 24.3 Å². The fraction of sp³-hybridized carbons (Fsp3) is 0.562. The summed E-state index contributed by atoms with van der Waals surface area (Å²) >= 11 is 0. The lowest BCUT2D eigenvalue weighted by atomic mass is 10.1. The first kappa shape index (κ1) is 17.8. The van der Waals surface area contributed by atoms with E-state index in [1.54, 1.807) is 0 Å². The Balaban J connectivity index is 0.00000220. The Kier molecular flexibility index (Phi) is 8.16. The second kappa shape index (κ2) is 9.64. The third-order valence-corrected chi connectivity index (χ3v) is 3.46. The van der Waals surface area contributed by atoms with Crippen molar-refractivity contribution in [1.82, 2.24) is 10.6 Å². The molecule has 1 aromatic rings. The quantitative estimate of drug-likeness (QED) is 0.812. The maximum Gasteiger partial charge on any atom is 0.220 e. The molecular formula is C16H25ClN2O2. The predicted octanol–water partition coefficient (Wildman–Crippen LogP) is 2.31. The number of hydrogen-bond donors (Lipinski definition) is 2. The Hall–Kier alpha value is -1.26. The second-order valence-electron chi connectivity index (χ2n) is 5.25. The number of aryl methyl sites for hydroxylation is 1. The standard InChI is InChI=1S/C16H24N2O2.ClH/c1-2-11-20-15-6-3-13(4-7-15)5-8-16(19)18-14-9-10-17-12-14;/h3-4,6-7,14,17H,2,5,8-12H2,1H3,(H,18,19);1H. The van der Waals surface area contributed by atoms with E-state index in [2.05, 4.69) is 17.6 Å². The largest absolute Gasteiger partial charge is 0.494 e. The van der Waals surface area contributed by atoms with Crippen molar-refractivity contribution in [2.45, 2.75) is 38.6 Å². The fourth-order valence-corrected chi connectivity index (χ4v) is 2.31. The van der Waals surface area contributed by atoms with Gasteiger partial charge in [-0.3, -0.25) is 4.79 Å². The second-order valence-corrected chi connectivity index (χ2v) is 5.25. The van der Waals surface area contributed by atoms with Gasteiger partial charge in [0.25, 0.3) is 0 Å². The Morgan fingerprint density at radius 1 is 1.38 bits per heavy atom. The van der Waals surface area contributed by atoms with Gasteiger partial charge in [0.15, 0.2) is 0 Å². The molecule has 1 amide bonds. The molecule has 0 bridgehead atoms. The van der Waals surface area contributed by atoms with Crippen molar-refractivity contribution >= 4 is 18.3 Å². The summed E-state index contributed by atoms with van der Waals surface area (Å²) in [5.74, 6) is 1.04.